The predicted octanol–water partition coefficient (Wildman–Crippen LogP) is 14.4. The minimum absolute atomic E-state index is 0.311. The van der Waals surface area contributed by atoms with E-state index in [2.05, 4.69) is 15.0 Å². The second-order valence-corrected chi connectivity index (χ2v) is 13.1. The predicted molar refractivity (Wildman–Crippen MR) is 234 cm³/mol. The van der Waals surface area contributed by atoms with Gasteiger partial charge in [0.2, 0.25) is 0 Å². The lowest BCUT2D eigenvalue weighted by Crippen LogP contribution is -2.00. The normalized spacial score (nSPS) is 19.0. The van der Waals surface area contributed by atoms with Gasteiger partial charge < -0.3 is 8.83 Å². The maximum Gasteiger partial charge on any atom is 0.164 e. The van der Waals surface area contributed by atoms with E-state index in [-0.39, 0.29) is 20.2 Å². The summed E-state index contributed by atoms with van der Waals surface area (Å²) in [6.45, 7) is 0. The van der Waals surface area contributed by atoms with Crippen molar-refractivity contribution in [2.75, 3.05) is 0 Å². The number of furan rings is 2. The summed E-state index contributed by atoms with van der Waals surface area (Å²) in [5.41, 5.74) is -7.07. The van der Waals surface area contributed by atoms with Crippen molar-refractivity contribution < 1.29 is 48.6 Å². The fraction of sp³-hybridized carbons (Fsp3) is 0. The summed E-state index contributed by atoms with van der Waals surface area (Å²) < 4.78 is 270. The Balaban J connectivity index is 1.23. The maximum absolute atomic E-state index is 9.95. The highest BCUT2D eigenvalue weighted by molar-refractivity contribution is 7.26. The van der Waals surface area contributed by atoms with Gasteiger partial charge in [0.25, 0.3) is 0 Å². The van der Waals surface area contributed by atoms with Gasteiger partial charge in [-0.1, -0.05) is 127 Å². The van der Waals surface area contributed by atoms with Gasteiger partial charge in [-0.05, 0) is 70.6 Å². The van der Waals surface area contributed by atoms with E-state index in [4.69, 9.17) is 34.9 Å². The summed E-state index contributed by atoms with van der Waals surface area (Å²) in [6, 6.07) is -24.2. The summed E-state index contributed by atoms with van der Waals surface area (Å²) >= 11 is 0.534. The Labute approximate surface area is 370 Å². The minimum atomic E-state index is -0.958. The topological polar surface area (TPSA) is 65.0 Å². The Bertz CT molecular complexity index is 5190. The molecule has 4 aromatic heterocycles. The van der Waals surface area contributed by atoms with Gasteiger partial charge in [0.15, 0.2) is 17.5 Å². The van der Waals surface area contributed by atoms with Gasteiger partial charge in [-0.25, -0.2) is 15.0 Å². The molecule has 0 radical (unpaired) electrons. The Kier molecular flexibility index (Phi) is 3.22. The second kappa shape index (κ2) is 12.6. The first kappa shape index (κ1) is 14.6. The number of rotatable bonds is 5. The highest BCUT2D eigenvalue weighted by atomic mass is 32.1. The average molecular weight is 777 g/mol. The van der Waals surface area contributed by atoms with Gasteiger partial charge in [0.05, 0.1) is 39.8 Å². The van der Waals surface area contributed by atoms with Crippen LogP contribution in [0.15, 0.2) is 184 Å². The number of nitrogens with zero attached hydrogens (tertiary/aromatic N) is 3. The molecule has 0 saturated carbocycles. The molecule has 0 aliphatic heterocycles. The van der Waals surface area contributed by atoms with Crippen LogP contribution in [0.3, 0.4) is 0 Å². The number of hydrogen-bond donors (Lipinski definition) is 0. The molecular weight excluding hydrogens is 719 g/mol. The van der Waals surface area contributed by atoms with E-state index in [1.807, 2.05) is 0 Å². The van der Waals surface area contributed by atoms with Crippen LogP contribution in [0.2, 0.25) is 0 Å². The summed E-state index contributed by atoms with van der Waals surface area (Å²) in [6.07, 6.45) is 0. The number of para-hydroxylation sites is 2. The van der Waals surface area contributed by atoms with E-state index in [0.29, 0.717) is 11.3 Å². The zero-order chi connectivity index (χ0) is 62.7. The second-order valence-electron chi connectivity index (χ2n) is 12.1. The average Bonchev–Trinajstić information content (AvgIpc) is 1.47. The van der Waals surface area contributed by atoms with Crippen LogP contribution in [0.5, 0.6) is 0 Å². The Morgan fingerprint density at radius 2 is 0.930 bits per heavy atom. The van der Waals surface area contributed by atoms with Gasteiger partial charge in [-0.3, -0.25) is 0 Å². The van der Waals surface area contributed by atoms with Crippen LogP contribution in [0.1, 0.15) is 39.8 Å². The van der Waals surface area contributed by atoms with Gasteiger partial charge in [0.1, 0.15) is 22.3 Å². The molecule has 0 N–H and O–H groups in total. The minimum Gasteiger partial charge on any atom is -0.456 e. The number of thiophene rings is 1. The van der Waals surface area contributed by atoms with E-state index in [9.17, 15) is 13.7 Å². The molecule has 12 rings (SSSR count). The molecule has 0 atom stereocenters. The van der Waals surface area contributed by atoms with Crippen molar-refractivity contribution in [3.63, 3.8) is 0 Å². The van der Waals surface area contributed by atoms with Crippen molar-refractivity contribution in [2.24, 2.45) is 0 Å². The monoisotopic (exact) mass is 776 g/mol. The van der Waals surface area contributed by atoms with E-state index in [1.165, 1.54) is 0 Å². The third kappa shape index (κ3) is 5.19. The smallest absolute Gasteiger partial charge is 0.164 e. The van der Waals surface area contributed by atoms with Gasteiger partial charge in [-0.2, -0.15) is 0 Å². The van der Waals surface area contributed by atoms with Crippen molar-refractivity contribution in [3.8, 4) is 56.4 Å². The highest BCUT2D eigenvalue weighted by Crippen LogP contribution is 2.46. The summed E-state index contributed by atoms with van der Waals surface area (Å²) in [5.74, 6) is -2.38. The SMILES string of the molecule is [2H]c1c([2H])c([2H])c(-c2nc(-c3c([2H])c([2H])c4c(oc5c([2H])c([2H])c([2H])c([2H])c54)c3[2H])nc(-c3c([2H])c([2H])c4c(sc5c([2H])c([2H])c([2H])c(-c6c([2H])c(-c7c([2H])c([2H])c([2H])c([2H])c7[2H])c([2H])c7oc8c([2H])c([2H])c([2H])c([2H])c8c67)c54)c3[2H])n2)c([2H])c1[2H]. The lowest BCUT2D eigenvalue weighted by atomic mass is 9.92. The number of aromatic nitrogens is 3. The zero-order valence-electron chi connectivity index (χ0n) is 57.1. The molecule has 0 aliphatic rings. The van der Waals surface area contributed by atoms with Crippen molar-refractivity contribution >= 4 is 75.4 Å². The first-order valence-electron chi connectivity index (χ1n) is 31.1. The first-order chi connectivity index (χ1) is 40.3. The molecular formula is C51H29N3O2S. The third-order valence-electron chi connectivity index (χ3n) is 8.84. The van der Waals surface area contributed by atoms with Gasteiger partial charge >= 0.3 is 0 Å². The summed E-state index contributed by atoms with van der Waals surface area (Å²) in [4.78, 5) is 13.2. The van der Waals surface area contributed by atoms with Crippen LogP contribution < -0.4 is 0 Å². The van der Waals surface area contributed by atoms with E-state index < -0.39 is 276 Å². The molecule has 6 heteroatoms. The fourth-order valence-corrected chi connectivity index (χ4v) is 7.42. The van der Waals surface area contributed by atoms with Gasteiger partial charge in [0, 0.05) is 58.4 Å². The van der Waals surface area contributed by atoms with Crippen LogP contribution in [0.25, 0.3) is 120 Å². The molecule has 0 aliphatic carbocycles. The molecule has 4 heterocycles. The molecule has 266 valence electrons. The largest absolute Gasteiger partial charge is 0.456 e. The van der Waals surface area contributed by atoms with Crippen molar-refractivity contribution in [1.82, 2.24) is 15.0 Å². The molecule has 0 spiro atoms. The van der Waals surface area contributed by atoms with Gasteiger partial charge in [-0.15, -0.1) is 11.3 Å². The zero-order valence-corrected chi connectivity index (χ0v) is 28.9. The summed E-state index contributed by atoms with van der Waals surface area (Å²) in [5, 5.41) is -2.52. The lowest BCUT2D eigenvalue weighted by molar-refractivity contribution is 0.668. The molecule has 0 fully saturated rings. The Hall–Kier alpha value is -7.41. The maximum atomic E-state index is 9.95. The van der Waals surface area contributed by atoms with E-state index >= 15 is 0 Å². The fourth-order valence-electron chi connectivity index (χ4n) is 6.40. The first-order valence-corrected chi connectivity index (χ1v) is 17.4. The van der Waals surface area contributed by atoms with Crippen LogP contribution in [0, 0.1) is 0 Å². The lowest BCUT2D eigenvalue weighted by Gasteiger charge is -2.11. The molecule has 57 heavy (non-hydrogen) atoms. The molecule has 0 bridgehead atoms. The number of fused-ring (bicyclic) bond motifs is 9. The van der Waals surface area contributed by atoms with Crippen molar-refractivity contribution in [3.05, 3.63) is 175 Å². The molecule has 0 unspecified atom stereocenters. The van der Waals surface area contributed by atoms with E-state index in [1.54, 1.807) is 0 Å². The third-order valence-corrected chi connectivity index (χ3v) is 9.86. The molecule has 0 saturated heterocycles. The van der Waals surface area contributed by atoms with Crippen molar-refractivity contribution in [2.45, 2.75) is 0 Å². The Morgan fingerprint density at radius 1 is 0.351 bits per heavy atom. The number of benzene rings is 8. The quantitative estimate of drug-likeness (QED) is 0.174. The summed E-state index contributed by atoms with van der Waals surface area (Å²) in [7, 11) is 0. The molecule has 8 aromatic carbocycles. The Morgan fingerprint density at radius 3 is 1.70 bits per heavy atom. The van der Waals surface area contributed by atoms with Crippen LogP contribution in [-0.4, -0.2) is 15.0 Å². The highest BCUT2D eigenvalue weighted by Gasteiger charge is 2.20. The van der Waals surface area contributed by atoms with E-state index in [0.717, 1.165) is 0 Å². The molecule has 0 amide bonds. The van der Waals surface area contributed by atoms with Crippen LogP contribution in [-0.2, 0) is 0 Å². The van der Waals surface area contributed by atoms with Crippen LogP contribution >= 0.6 is 11.3 Å². The van der Waals surface area contributed by atoms with Crippen LogP contribution in [0.4, 0.5) is 0 Å². The van der Waals surface area contributed by atoms with Crippen molar-refractivity contribution in [1.29, 1.82) is 0 Å². The molecule has 12 aromatic rings. The number of hydrogen-bond acceptors (Lipinski definition) is 6. The standard InChI is InChI=1S/C51H29N3O2S/c1-3-12-30(13-4-1)34-26-40(47-38-17-8-10-20-42(38)56-44(47)28-34)37-18-11-21-45-48(37)39-25-23-33(29-46(39)57-45)51-53-49(31-14-5-2-6-15-31)52-50(54-51)32-22-24-36-35-16-7-9-19-41(35)55-43(36)27-32/h1-29H/i1D,2D,3D,4D,5D,6D,7D,8D,9D,10D,11D,12D,13D,14D,15D,16D,17D,18D,19D,20D,21D,22D,23D,24D,25D,26D,27D,28D,29D. The molecule has 5 nitrogen and oxygen atoms in total.